The molecule has 0 fully saturated rings. The molecule has 3 N–H and O–H groups in total. The van der Waals surface area contributed by atoms with Crippen LogP contribution in [-0.4, -0.2) is 17.6 Å². The number of aromatic carboxylic acids is 1. The molecule has 21 heavy (non-hydrogen) atoms. The van der Waals surface area contributed by atoms with E-state index in [1.165, 1.54) is 17.2 Å². The molecule has 1 heterocycles. The fourth-order valence-corrected chi connectivity index (χ4v) is 2.88. The summed E-state index contributed by atoms with van der Waals surface area (Å²) in [6.45, 7) is 1.73. The van der Waals surface area contributed by atoms with Crippen molar-refractivity contribution in [2.75, 3.05) is 17.2 Å². The first-order chi connectivity index (χ1) is 10.1. The number of rotatable bonds is 2. The van der Waals surface area contributed by atoms with Crippen LogP contribution in [0.3, 0.4) is 0 Å². The maximum atomic E-state index is 11.0. The van der Waals surface area contributed by atoms with E-state index in [-0.39, 0.29) is 5.56 Å². The van der Waals surface area contributed by atoms with Crippen molar-refractivity contribution >= 4 is 17.3 Å². The molecule has 1 aliphatic heterocycles. The Morgan fingerprint density at radius 2 is 1.90 bits per heavy atom. The van der Waals surface area contributed by atoms with E-state index in [2.05, 4.69) is 29.2 Å². The molecule has 0 amide bonds. The van der Waals surface area contributed by atoms with Crippen LogP contribution in [0.5, 0.6) is 0 Å². The van der Waals surface area contributed by atoms with Crippen molar-refractivity contribution in [2.24, 2.45) is 0 Å². The summed E-state index contributed by atoms with van der Waals surface area (Å²) >= 11 is 0. The summed E-state index contributed by atoms with van der Waals surface area (Å²) in [5.41, 5.74) is 10.4. The van der Waals surface area contributed by atoms with E-state index < -0.39 is 5.97 Å². The molecule has 2 aromatic rings. The number of aryl methyl sites for hydroxylation is 1. The van der Waals surface area contributed by atoms with Gasteiger partial charge in [-0.1, -0.05) is 24.3 Å². The smallest absolute Gasteiger partial charge is 0.335 e. The fraction of sp³-hybridized carbons (Fsp3) is 0.235. The lowest BCUT2D eigenvalue weighted by molar-refractivity contribution is 0.0697. The van der Waals surface area contributed by atoms with E-state index >= 15 is 0 Å². The maximum absolute atomic E-state index is 11.0. The van der Waals surface area contributed by atoms with E-state index in [0.29, 0.717) is 5.69 Å². The second-order valence-corrected chi connectivity index (χ2v) is 5.37. The van der Waals surface area contributed by atoms with Crippen molar-refractivity contribution in [3.8, 4) is 0 Å². The number of nitrogens with two attached hydrogens (primary N) is 1. The molecule has 0 atom stereocenters. The Balaban J connectivity index is 1.92. The van der Waals surface area contributed by atoms with E-state index in [1.54, 1.807) is 6.07 Å². The van der Waals surface area contributed by atoms with Gasteiger partial charge < -0.3 is 15.7 Å². The van der Waals surface area contributed by atoms with Gasteiger partial charge in [-0.05, 0) is 42.2 Å². The Bertz CT molecular complexity index is 682. The topological polar surface area (TPSA) is 66.6 Å². The van der Waals surface area contributed by atoms with Crippen LogP contribution >= 0.6 is 0 Å². The van der Waals surface area contributed by atoms with Crippen LogP contribution in [0.25, 0.3) is 0 Å². The Hall–Kier alpha value is -2.49. The Morgan fingerprint density at radius 3 is 2.62 bits per heavy atom. The highest BCUT2D eigenvalue weighted by Crippen LogP contribution is 2.29. The summed E-state index contributed by atoms with van der Waals surface area (Å²) in [6, 6.07) is 13.4. The predicted octanol–water partition coefficient (Wildman–Crippen LogP) is 2.92. The van der Waals surface area contributed by atoms with Gasteiger partial charge in [0.2, 0.25) is 0 Å². The quantitative estimate of drug-likeness (QED) is 0.831. The summed E-state index contributed by atoms with van der Waals surface area (Å²) in [6.07, 6.45) is 2.14. The molecule has 0 spiro atoms. The number of hydrogen-bond acceptors (Lipinski definition) is 3. The Morgan fingerprint density at radius 1 is 1.14 bits per heavy atom. The van der Waals surface area contributed by atoms with Crippen molar-refractivity contribution in [1.29, 1.82) is 0 Å². The molecule has 4 heteroatoms. The first-order valence-electron chi connectivity index (χ1n) is 7.09. The highest BCUT2D eigenvalue weighted by molar-refractivity contribution is 5.90. The number of nitrogens with zero attached hydrogens (tertiary/aromatic N) is 1. The van der Waals surface area contributed by atoms with Gasteiger partial charge in [0.15, 0.2) is 0 Å². The molecular formula is C17H18N2O2. The lowest BCUT2D eigenvalue weighted by atomic mass is 10.0. The van der Waals surface area contributed by atoms with Crippen LogP contribution in [0.15, 0.2) is 42.5 Å². The molecule has 0 aromatic heterocycles. The van der Waals surface area contributed by atoms with Gasteiger partial charge >= 0.3 is 5.97 Å². The van der Waals surface area contributed by atoms with Gasteiger partial charge in [-0.25, -0.2) is 4.79 Å². The van der Waals surface area contributed by atoms with Gasteiger partial charge in [0, 0.05) is 13.1 Å². The number of carboxylic acids is 1. The molecular weight excluding hydrogens is 264 g/mol. The number of carbonyl (C=O) groups is 1. The first-order valence-corrected chi connectivity index (χ1v) is 7.09. The predicted molar refractivity (Wildman–Crippen MR) is 83.6 cm³/mol. The fourth-order valence-electron chi connectivity index (χ4n) is 2.88. The van der Waals surface area contributed by atoms with Crippen LogP contribution in [0.2, 0.25) is 0 Å². The van der Waals surface area contributed by atoms with Crippen molar-refractivity contribution in [1.82, 2.24) is 0 Å². The van der Waals surface area contributed by atoms with Crippen LogP contribution < -0.4 is 10.6 Å². The zero-order valence-corrected chi connectivity index (χ0v) is 11.7. The van der Waals surface area contributed by atoms with Crippen LogP contribution in [0, 0.1) is 0 Å². The zero-order chi connectivity index (χ0) is 14.8. The lowest BCUT2D eigenvalue weighted by Gasteiger charge is -2.25. The third-order valence-electron chi connectivity index (χ3n) is 3.97. The molecule has 3 rings (SSSR count). The molecule has 108 valence electrons. The van der Waals surface area contributed by atoms with Crippen molar-refractivity contribution in [2.45, 2.75) is 19.4 Å². The summed E-state index contributed by atoms with van der Waals surface area (Å²) < 4.78 is 0. The summed E-state index contributed by atoms with van der Waals surface area (Å²) in [7, 11) is 0. The standard InChI is InChI=1S/C17H18N2O2/c18-15-10-13(17(20)21)7-8-16(15)19-9-3-6-12-4-1-2-5-14(12)11-19/h1-2,4-5,7-8,10H,3,6,9,11,18H2,(H,20,21). The van der Waals surface area contributed by atoms with Gasteiger partial charge in [0.25, 0.3) is 0 Å². The van der Waals surface area contributed by atoms with E-state index in [4.69, 9.17) is 10.8 Å². The van der Waals surface area contributed by atoms with Crippen molar-refractivity contribution in [3.05, 3.63) is 59.2 Å². The number of hydrogen-bond donors (Lipinski definition) is 2. The molecule has 2 aromatic carbocycles. The average Bonchev–Trinajstić information content (AvgIpc) is 2.69. The monoisotopic (exact) mass is 282 g/mol. The van der Waals surface area contributed by atoms with Gasteiger partial charge in [0.1, 0.15) is 0 Å². The Labute approximate surface area is 123 Å². The van der Waals surface area contributed by atoms with Gasteiger partial charge in [-0.3, -0.25) is 0 Å². The second kappa shape index (κ2) is 5.48. The molecule has 0 aliphatic carbocycles. The van der Waals surface area contributed by atoms with Crippen LogP contribution in [0.4, 0.5) is 11.4 Å². The number of benzene rings is 2. The largest absolute Gasteiger partial charge is 0.478 e. The van der Waals surface area contributed by atoms with Crippen molar-refractivity contribution in [3.63, 3.8) is 0 Å². The normalized spacial score (nSPS) is 14.4. The van der Waals surface area contributed by atoms with E-state index in [1.807, 2.05) is 6.07 Å². The van der Waals surface area contributed by atoms with Crippen molar-refractivity contribution < 1.29 is 9.90 Å². The van der Waals surface area contributed by atoms with Gasteiger partial charge in [0.05, 0.1) is 16.9 Å². The van der Waals surface area contributed by atoms with Gasteiger partial charge in [-0.2, -0.15) is 0 Å². The highest BCUT2D eigenvalue weighted by atomic mass is 16.4. The Kier molecular flexibility index (Phi) is 3.52. The summed E-state index contributed by atoms with van der Waals surface area (Å²) in [4.78, 5) is 13.2. The third kappa shape index (κ3) is 2.70. The molecule has 0 unspecified atom stereocenters. The SMILES string of the molecule is Nc1cc(C(=O)O)ccc1N1CCCc2ccccc2C1. The molecule has 0 saturated carbocycles. The van der Waals surface area contributed by atoms with E-state index in [9.17, 15) is 4.79 Å². The molecule has 4 nitrogen and oxygen atoms in total. The molecule has 0 bridgehead atoms. The number of carboxylic acid groups (broad SMARTS) is 1. The van der Waals surface area contributed by atoms with Crippen LogP contribution in [-0.2, 0) is 13.0 Å². The van der Waals surface area contributed by atoms with Crippen LogP contribution in [0.1, 0.15) is 27.9 Å². The average molecular weight is 282 g/mol. The minimum absolute atomic E-state index is 0.228. The number of nitrogen functional groups attached to an aromatic ring is 1. The van der Waals surface area contributed by atoms with Gasteiger partial charge in [-0.15, -0.1) is 0 Å². The molecule has 1 aliphatic rings. The second-order valence-electron chi connectivity index (χ2n) is 5.37. The lowest BCUT2D eigenvalue weighted by Crippen LogP contribution is -2.23. The summed E-state index contributed by atoms with van der Waals surface area (Å²) in [5, 5.41) is 9.02. The van der Waals surface area contributed by atoms with E-state index in [0.717, 1.165) is 31.6 Å². The molecule has 0 saturated heterocycles. The maximum Gasteiger partial charge on any atom is 0.335 e. The zero-order valence-electron chi connectivity index (χ0n) is 11.7. The molecule has 0 radical (unpaired) electrons. The first kappa shape index (κ1) is 13.5. The summed E-state index contributed by atoms with van der Waals surface area (Å²) in [5.74, 6) is -0.950. The highest BCUT2D eigenvalue weighted by Gasteiger charge is 2.17. The minimum Gasteiger partial charge on any atom is -0.478 e. The third-order valence-corrected chi connectivity index (χ3v) is 3.97. The number of anilines is 2. The number of fused-ring (bicyclic) bond motifs is 1. The minimum atomic E-state index is -0.950.